The molecule has 6 nitrogen and oxygen atoms in total. The van der Waals surface area contributed by atoms with Gasteiger partial charge in [0, 0.05) is 18.7 Å². The topological polar surface area (TPSA) is 97.0 Å². The standard InChI is InChI=1S/C18H18F3N5O/c19-18(20,21)13-6-2-1-5-11(13)14-8-7-12-15(23-9-3-4-10-27)25-17(22)26-16(12)24-14/h1-2,5-8,27H,3-4,9-10H2,(H3,22,23,24,25,26). The summed E-state index contributed by atoms with van der Waals surface area (Å²) in [5, 5.41) is 12.5. The van der Waals surface area contributed by atoms with E-state index in [1.54, 1.807) is 6.07 Å². The lowest BCUT2D eigenvalue weighted by Gasteiger charge is -2.13. The van der Waals surface area contributed by atoms with Crippen LogP contribution in [0.5, 0.6) is 0 Å². The lowest BCUT2D eigenvalue weighted by atomic mass is 10.0. The lowest BCUT2D eigenvalue weighted by molar-refractivity contribution is -0.137. The Morgan fingerprint density at radius 2 is 1.78 bits per heavy atom. The number of rotatable bonds is 6. The molecule has 0 amide bonds. The maximum absolute atomic E-state index is 13.3. The average Bonchev–Trinajstić information content (AvgIpc) is 2.64. The summed E-state index contributed by atoms with van der Waals surface area (Å²) in [5.74, 6) is 0.430. The predicted octanol–water partition coefficient (Wildman–Crippen LogP) is 3.48. The minimum Gasteiger partial charge on any atom is -0.396 e. The van der Waals surface area contributed by atoms with Crippen molar-refractivity contribution in [3.05, 3.63) is 42.0 Å². The van der Waals surface area contributed by atoms with Gasteiger partial charge in [0.1, 0.15) is 5.82 Å². The third-order valence-corrected chi connectivity index (χ3v) is 3.96. The zero-order chi connectivity index (χ0) is 19.4. The molecule has 1 aromatic carbocycles. The maximum Gasteiger partial charge on any atom is 0.417 e. The highest BCUT2D eigenvalue weighted by Gasteiger charge is 2.33. The van der Waals surface area contributed by atoms with E-state index in [1.165, 1.54) is 24.3 Å². The second-order valence-electron chi connectivity index (χ2n) is 5.90. The number of unbranched alkanes of at least 4 members (excludes halogenated alkanes) is 1. The van der Waals surface area contributed by atoms with Gasteiger partial charge in [0.2, 0.25) is 5.95 Å². The number of nitrogens with zero attached hydrogens (tertiary/aromatic N) is 3. The molecule has 3 rings (SSSR count). The number of nitrogen functional groups attached to an aromatic ring is 1. The number of hydrogen-bond donors (Lipinski definition) is 3. The molecule has 0 saturated carbocycles. The Morgan fingerprint density at radius 3 is 2.52 bits per heavy atom. The van der Waals surface area contributed by atoms with Crippen molar-refractivity contribution in [3.63, 3.8) is 0 Å². The molecule has 0 aliphatic rings. The van der Waals surface area contributed by atoms with Crippen LogP contribution in [0.15, 0.2) is 36.4 Å². The third kappa shape index (κ3) is 4.25. The number of nitrogens with one attached hydrogen (secondary N) is 1. The van der Waals surface area contributed by atoms with Crippen LogP contribution in [0.25, 0.3) is 22.3 Å². The number of pyridine rings is 1. The molecule has 0 atom stereocenters. The molecule has 2 aromatic heterocycles. The summed E-state index contributed by atoms with van der Waals surface area (Å²) in [6, 6.07) is 8.38. The largest absolute Gasteiger partial charge is 0.417 e. The van der Waals surface area contributed by atoms with Crippen LogP contribution >= 0.6 is 0 Å². The van der Waals surface area contributed by atoms with Gasteiger partial charge in [0.05, 0.1) is 16.6 Å². The van der Waals surface area contributed by atoms with Gasteiger partial charge in [-0.1, -0.05) is 18.2 Å². The van der Waals surface area contributed by atoms with Crippen molar-refractivity contribution in [1.29, 1.82) is 0 Å². The molecule has 27 heavy (non-hydrogen) atoms. The minimum atomic E-state index is -4.49. The average molecular weight is 377 g/mol. The summed E-state index contributed by atoms with van der Waals surface area (Å²) in [7, 11) is 0. The van der Waals surface area contributed by atoms with Crippen LogP contribution in [0, 0.1) is 0 Å². The van der Waals surface area contributed by atoms with Crippen molar-refractivity contribution in [1.82, 2.24) is 15.0 Å². The number of alkyl halides is 3. The molecule has 0 aliphatic carbocycles. The van der Waals surface area contributed by atoms with E-state index in [2.05, 4.69) is 20.3 Å². The zero-order valence-electron chi connectivity index (χ0n) is 14.3. The lowest BCUT2D eigenvalue weighted by Crippen LogP contribution is -2.09. The number of aliphatic hydroxyl groups is 1. The van der Waals surface area contributed by atoms with Gasteiger partial charge >= 0.3 is 6.18 Å². The quantitative estimate of drug-likeness (QED) is 0.569. The SMILES string of the molecule is Nc1nc(NCCCCO)c2ccc(-c3ccccc3C(F)(F)F)nc2n1. The van der Waals surface area contributed by atoms with E-state index in [1.807, 2.05) is 0 Å². The fourth-order valence-corrected chi connectivity index (χ4v) is 2.71. The highest BCUT2D eigenvalue weighted by atomic mass is 19.4. The van der Waals surface area contributed by atoms with E-state index in [4.69, 9.17) is 10.8 Å². The first-order chi connectivity index (χ1) is 12.9. The van der Waals surface area contributed by atoms with Crippen molar-refractivity contribution < 1.29 is 18.3 Å². The predicted molar refractivity (Wildman–Crippen MR) is 97.0 cm³/mol. The molecular formula is C18H18F3N5O. The number of halogens is 3. The first kappa shape index (κ1) is 18.8. The molecule has 0 fully saturated rings. The molecule has 0 spiro atoms. The Bertz CT molecular complexity index is 946. The Kier molecular flexibility index (Phi) is 5.41. The van der Waals surface area contributed by atoms with Gasteiger partial charge in [-0.05, 0) is 31.0 Å². The van der Waals surface area contributed by atoms with Crippen LogP contribution in [0.4, 0.5) is 24.9 Å². The smallest absolute Gasteiger partial charge is 0.396 e. The second kappa shape index (κ2) is 7.75. The van der Waals surface area contributed by atoms with Crippen LogP contribution in [-0.2, 0) is 6.18 Å². The molecule has 0 bridgehead atoms. The zero-order valence-corrected chi connectivity index (χ0v) is 14.3. The van der Waals surface area contributed by atoms with Gasteiger partial charge < -0.3 is 16.2 Å². The Hall–Kier alpha value is -2.94. The fourth-order valence-electron chi connectivity index (χ4n) is 2.71. The fraction of sp³-hybridized carbons (Fsp3) is 0.278. The van der Waals surface area contributed by atoms with E-state index in [9.17, 15) is 13.2 Å². The molecule has 142 valence electrons. The van der Waals surface area contributed by atoms with Crippen LogP contribution in [0.2, 0.25) is 0 Å². The van der Waals surface area contributed by atoms with Crippen molar-refractivity contribution in [2.45, 2.75) is 19.0 Å². The molecule has 0 aliphatic heterocycles. The first-order valence-corrected chi connectivity index (χ1v) is 8.36. The number of aromatic nitrogens is 3. The number of nitrogens with two attached hydrogens (primary N) is 1. The molecule has 0 unspecified atom stereocenters. The number of benzene rings is 1. The van der Waals surface area contributed by atoms with E-state index in [0.717, 1.165) is 12.5 Å². The van der Waals surface area contributed by atoms with Crippen molar-refractivity contribution in [3.8, 4) is 11.3 Å². The molecule has 0 saturated heterocycles. The number of fused-ring (bicyclic) bond motifs is 1. The van der Waals surface area contributed by atoms with Gasteiger partial charge in [-0.2, -0.15) is 23.1 Å². The van der Waals surface area contributed by atoms with Crippen molar-refractivity contribution >= 4 is 22.8 Å². The van der Waals surface area contributed by atoms with Gasteiger partial charge in [-0.15, -0.1) is 0 Å². The van der Waals surface area contributed by atoms with Gasteiger partial charge in [-0.3, -0.25) is 0 Å². The summed E-state index contributed by atoms with van der Waals surface area (Å²) < 4.78 is 39.8. The molecule has 4 N–H and O–H groups in total. The minimum absolute atomic E-state index is 0.0264. The Balaban J connectivity index is 2.02. The van der Waals surface area contributed by atoms with E-state index in [0.29, 0.717) is 24.2 Å². The summed E-state index contributed by atoms with van der Waals surface area (Å²) in [4.78, 5) is 12.5. The molecular weight excluding hydrogens is 359 g/mol. The van der Waals surface area contributed by atoms with E-state index < -0.39 is 11.7 Å². The van der Waals surface area contributed by atoms with Crippen molar-refractivity contribution in [2.24, 2.45) is 0 Å². The van der Waals surface area contributed by atoms with Crippen LogP contribution in [0.1, 0.15) is 18.4 Å². The third-order valence-electron chi connectivity index (χ3n) is 3.96. The molecule has 9 heteroatoms. The van der Waals surface area contributed by atoms with Crippen molar-refractivity contribution in [2.75, 3.05) is 24.2 Å². The highest BCUT2D eigenvalue weighted by Crippen LogP contribution is 2.36. The van der Waals surface area contributed by atoms with Crippen LogP contribution in [0.3, 0.4) is 0 Å². The monoisotopic (exact) mass is 377 g/mol. The number of hydrogen-bond acceptors (Lipinski definition) is 6. The van der Waals surface area contributed by atoms with Gasteiger partial charge in [-0.25, -0.2) is 4.98 Å². The first-order valence-electron chi connectivity index (χ1n) is 8.36. The van der Waals surface area contributed by atoms with Crippen LogP contribution < -0.4 is 11.1 Å². The molecule has 2 heterocycles. The summed E-state index contributed by atoms with van der Waals surface area (Å²) in [6.07, 6.45) is -3.12. The molecule has 0 radical (unpaired) electrons. The summed E-state index contributed by atoms with van der Waals surface area (Å²) >= 11 is 0. The molecule has 3 aromatic rings. The Labute approximate surface area is 153 Å². The number of aliphatic hydroxyl groups excluding tert-OH is 1. The van der Waals surface area contributed by atoms with Gasteiger partial charge in [0.15, 0.2) is 5.65 Å². The number of anilines is 2. The Morgan fingerprint density at radius 1 is 1.00 bits per heavy atom. The summed E-state index contributed by atoms with van der Waals surface area (Å²) in [5.41, 5.74) is 5.29. The highest BCUT2D eigenvalue weighted by molar-refractivity contribution is 5.89. The normalized spacial score (nSPS) is 11.7. The maximum atomic E-state index is 13.3. The van der Waals surface area contributed by atoms with E-state index in [-0.39, 0.29) is 29.5 Å². The second-order valence-corrected chi connectivity index (χ2v) is 5.90. The summed E-state index contributed by atoms with van der Waals surface area (Å²) in [6.45, 7) is 0.655. The van der Waals surface area contributed by atoms with E-state index >= 15 is 0 Å². The van der Waals surface area contributed by atoms with Gasteiger partial charge in [0.25, 0.3) is 0 Å². The van der Waals surface area contributed by atoms with Crippen LogP contribution in [-0.4, -0.2) is 33.2 Å².